The van der Waals surface area contributed by atoms with Crippen molar-refractivity contribution < 1.29 is 29.1 Å². The lowest BCUT2D eigenvalue weighted by Gasteiger charge is -2.26. The Balaban J connectivity index is 2.04. The maximum absolute atomic E-state index is 12.8. The van der Waals surface area contributed by atoms with E-state index in [0.29, 0.717) is 17.5 Å². The van der Waals surface area contributed by atoms with Crippen molar-refractivity contribution in [1.82, 2.24) is 0 Å². The fraction of sp³-hybridized carbons (Fsp3) is 0.486. The van der Waals surface area contributed by atoms with Gasteiger partial charge in [0.25, 0.3) is 0 Å². The van der Waals surface area contributed by atoms with Crippen molar-refractivity contribution in [1.29, 1.82) is 0 Å². The van der Waals surface area contributed by atoms with Gasteiger partial charge in [-0.2, -0.15) is 0 Å². The molecule has 0 spiro atoms. The molecule has 0 aliphatic carbocycles. The molecule has 0 atom stereocenters. The number of benzene rings is 2. The van der Waals surface area contributed by atoms with E-state index in [2.05, 4.69) is 59.2 Å². The molecule has 0 aliphatic rings. The molecule has 0 aromatic heterocycles. The minimum atomic E-state index is -1.77. The molecule has 43 heavy (non-hydrogen) atoms. The summed E-state index contributed by atoms with van der Waals surface area (Å²) in [5.74, 6) is -1.27. The van der Waals surface area contributed by atoms with Crippen LogP contribution in [-0.2, 0) is 19.6 Å². The second-order valence-electron chi connectivity index (χ2n) is 11.2. The summed E-state index contributed by atoms with van der Waals surface area (Å²) in [5.41, 5.74) is 4.96. The lowest BCUT2D eigenvalue weighted by atomic mass is 10.1. The largest absolute Gasteiger partial charge is 0.373 e. The second-order valence-corrected chi connectivity index (χ2v) is 20.6. The van der Waals surface area contributed by atoms with Crippen LogP contribution >= 0.6 is 0 Å². The van der Waals surface area contributed by atoms with Crippen LogP contribution in [0.3, 0.4) is 0 Å². The highest BCUT2D eigenvalue weighted by Gasteiger charge is 2.29. The molecule has 236 valence electrons. The van der Waals surface area contributed by atoms with E-state index in [4.69, 9.17) is 19.6 Å². The topological polar surface area (TPSA) is 71.1 Å². The fourth-order valence-corrected chi connectivity index (χ4v) is 11.4. The van der Waals surface area contributed by atoms with Gasteiger partial charge in [-0.3, -0.25) is 9.78 Å². The Morgan fingerprint density at radius 1 is 0.628 bits per heavy atom. The van der Waals surface area contributed by atoms with Crippen molar-refractivity contribution in [3.8, 4) is 0 Å². The molecule has 0 bridgehead atoms. The van der Waals surface area contributed by atoms with Crippen molar-refractivity contribution in [2.45, 2.75) is 110 Å². The number of carbonyl (C=O) groups is 2. The van der Waals surface area contributed by atoms with Crippen molar-refractivity contribution in [2.24, 2.45) is 0 Å². The summed E-state index contributed by atoms with van der Waals surface area (Å²) < 4.78 is 0. The average molecular weight is 625 g/mol. The highest BCUT2D eigenvalue weighted by Crippen LogP contribution is 2.19. The molecule has 2 aromatic rings. The monoisotopic (exact) mass is 624 g/mol. The molecule has 2 aromatic carbocycles. The van der Waals surface area contributed by atoms with Crippen molar-refractivity contribution in [3.63, 3.8) is 0 Å². The zero-order valence-electron chi connectivity index (χ0n) is 27.0. The second kappa shape index (κ2) is 18.8. The van der Waals surface area contributed by atoms with Crippen LogP contribution < -0.4 is 10.4 Å². The predicted molar refractivity (Wildman–Crippen MR) is 181 cm³/mol. The lowest BCUT2D eigenvalue weighted by molar-refractivity contribution is -0.421. The first-order chi connectivity index (χ1) is 20.8. The Morgan fingerprint density at radius 2 is 1.00 bits per heavy atom. The fourth-order valence-electron chi connectivity index (χ4n) is 5.50. The third-order valence-electron chi connectivity index (χ3n) is 8.95. The molecule has 6 nitrogen and oxygen atoms in total. The van der Waals surface area contributed by atoms with E-state index < -0.39 is 34.4 Å². The first-order valence-corrected chi connectivity index (χ1v) is 21.0. The van der Waals surface area contributed by atoms with E-state index >= 15 is 0 Å². The van der Waals surface area contributed by atoms with Gasteiger partial charge < -0.3 is 0 Å². The summed E-state index contributed by atoms with van der Waals surface area (Å²) in [5, 5.41) is 2.47. The molecular weight excluding hydrogens is 573 g/mol. The van der Waals surface area contributed by atoms with Crippen LogP contribution in [0.25, 0.3) is 0 Å². The van der Waals surface area contributed by atoms with Gasteiger partial charge in [-0.05, 0) is 30.7 Å². The Hall–Kier alpha value is -2.79. The van der Waals surface area contributed by atoms with Crippen LogP contribution in [0.4, 0.5) is 0 Å². The van der Waals surface area contributed by atoms with Gasteiger partial charge in [0, 0.05) is 6.42 Å². The van der Waals surface area contributed by atoms with Crippen molar-refractivity contribution in [3.05, 3.63) is 84.2 Å². The zero-order chi connectivity index (χ0) is 31.7. The predicted octanol–water partition coefficient (Wildman–Crippen LogP) is 8.48. The Morgan fingerprint density at radius 3 is 1.35 bits per heavy atom. The van der Waals surface area contributed by atoms with Gasteiger partial charge in [-0.15, -0.1) is 22.9 Å². The van der Waals surface area contributed by atoms with Gasteiger partial charge in [0.1, 0.15) is 16.1 Å². The number of rotatable bonds is 21. The van der Waals surface area contributed by atoms with E-state index in [0.717, 1.165) is 49.9 Å². The maximum atomic E-state index is 12.8. The molecule has 0 radical (unpaired) electrons. The molecule has 0 saturated carbocycles. The van der Waals surface area contributed by atoms with Crippen molar-refractivity contribution in [2.75, 3.05) is 0 Å². The average Bonchev–Trinajstić information content (AvgIpc) is 3.06. The molecule has 0 unspecified atom stereocenters. The van der Waals surface area contributed by atoms with Crippen LogP contribution in [0.15, 0.2) is 73.1 Å². The Bertz CT molecular complexity index is 1050. The molecule has 0 N–H and O–H groups in total. The SMILES string of the molecule is C=C[Si](CC)(CC)c1ccc(C(=O)OOC(CCCCCCCC)OOC(=O)c2ccc([Si](C=C)(CC)CC)cc2)cc1. The molecule has 0 heterocycles. The summed E-state index contributed by atoms with van der Waals surface area (Å²) >= 11 is 0. The number of hydrogen-bond acceptors (Lipinski definition) is 6. The summed E-state index contributed by atoms with van der Waals surface area (Å²) in [7, 11) is -3.55. The van der Waals surface area contributed by atoms with Crippen LogP contribution in [0, 0.1) is 0 Å². The molecule has 8 heteroatoms. The summed E-state index contributed by atoms with van der Waals surface area (Å²) in [6, 6.07) is 19.2. The first kappa shape index (κ1) is 36.4. The molecule has 0 fully saturated rings. The van der Waals surface area contributed by atoms with Gasteiger partial charge in [-0.25, -0.2) is 9.59 Å². The third kappa shape index (κ3) is 10.1. The van der Waals surface area contributed by atoms with E-state index in [-0.39, 0.29) is 0 Å². The molecule has 0 amide bonds. The lowest BCUT2D eigenvalue weighted by Crippen LogP contribution is -2.44. The first-order valence-electron chi connectivity index (χ1n) is 16.0. The highest BCUT2D eigenvalue weighted by atomic mass is 28.3. The van der Waals surface area contributed by atoms with Gasteiger partial charge in [0.05, 0.1) is 11.1 Å². The van der Waals surface area contributed by atoms with E-state index in [1.165, 1.54) is 23.2 Å². The molecule has 0 aliphatic heterocycles. The minimum Gasteiger partial charge on any atom is -0.290 e. The van der Waals surface area contributed by atoms with Gasteiger partial charge in [-0.1, -0.05) is 137 Å². The molecular formula is C35H52O6Si2. The number of unbranched alkanes of at least 4 members (excludes halogenated alkanes) is 5. The van der Waals surface area contributed by atoms with E-state index in [9.17, 15) is 9.59 Å². The Kier molecular flexibility index (Phi) is 15.9. The zero-order valence-corrected chi connectivity index (χ0v) is 29.0. The number of carbonyl (C=O) groups excluding carboxylic acids is 2. The van der Waals surface area contributed by atoms with Crippen molar-refractivity contribution >= 4 is 38.5 Å². The Labute approximate surface area is 261 Å². The minimum absolute atomic E-state index is 0.372. The van der Waals surface area contributed by atoms with Gasteiger partial charge in [0.15, 0.2) is 0 Å². The summed E-state index contributed by atoms with van der Waals surface area (Å²) in [4.78, 5) is 46.6. The van der Waals surface area contributed by atoms with Gasteiger partial charge >= 0.3 is 11.9 Å². The quantitative estimate of drug-likeness (QED) is 0.0456. The van der Waals surface area contributed by atoms with Crippen LogP contribution in [0.2, 0.25) is 24.2 Å². The smallest absolute Gasteiger partial charge is 0.290 e. The molecule has 2 rings (SSSR count). The molecule has 0 saturated heterocycles. The summed E-state index contributed by atoms with van der Waals surface area (Å²) in [6.45, 7) is 19.1. The van der Waals surface area contributed by atoms with Crippen LogP contribution in [0.1, 0.15) is 100 Å². The van der Waals surface area contributed by atoms with Crippen LogP contribution in [0.5, 0.6) is 0 Å². The van der Waals surface area contributed by atoms with E-state index in [1.807, 2.05) is 24.3 Å². The standard InChI is InChI=1S/C35H52O6Si2/c1-8-15-16-17-18-19-20-33(38-40-34(36)29-21-25-31(26-22-29)42(9-2,10-3)11-4)39-41-35(37)30-23-27-32(28-24-30)43(12-5,13-6)14-7/h9,12,21-28,33H,2,5,8,10-11,13-20H2,1,3-4,6-7H3. The number of hydrogen-bond donors (Lipinski definition) is 0. The van der Waals surface area contributed by atoms with E-state index in [1.54, 1.807) is 24.3 Å². The third-order valence-corrected chi connectivity index (χ3v) is 18.5. The van der Waals surface area contributed by atoms with Crippen LogP contribution in [-0.4, -0.2) is 34.4 Å². The van der Waals surface area contributed by atoms with Gasteiger partial charge in [0.2, 0.25) is 6.29 Å². The maximum Gasteiger partial charge on any atom is 0.373 e. The normalized spacial score (nSPS) is 11.8. The highest BCUT2D eigenvalue weighted by molar-refractivity contribution is 6.96. The summed E-state index contributed by atoms with van der Waals surface area (Å²) in [6.07, 6.45) is 5.74.